The van der Waals surface area contributed by atoms with Gasteiger partial charge in [-0.05, 0) is 24.1 Å². The van der Waals surface area contributed by atoms with Crippen molar-refractivity contribution in [3.63, 3.8) is 0 Å². The van der Waals surface area contributed by atoms with E-state index in [0.717, 1.165) is 29.7 Å². The van der Waals surface area contributed by atoms with Crippen molar-refractivity contribution >= 4 is 40.0 Å². The molecule has 0 aliphatic heterocycles. The smallest absolute Gasteiger partial charge is 0.129 e. The molecule has 5 nitrogen and oxygen atoms in total. The van der Waals surface area contributed by atoms with E-state index in [4.69, 9.17) is 11.6 Å². The minimum Gasteiger partial charge on any atom is -0.382 e. The number of benzene rings is 1. The maximum absolute atomic E-state index is 6.20. The number of anilines is 1. The van der Waals surface area contributed by atoms with E-state index in [-0.39, 0.29) is 0 Å². The number of hydrogen-bond acceptors (Lipinski definition) is 5. The number of rotatable bonds is 4. The number of aromatic nitrogens is 4. The van der Waals surface area contributed by atoms with Crippen molar-refractivity contribution in [3.8, 4) is 0 Å². The summed E-state index contributed by atoms with van der Waals surface area (Å²) in [7, 11) is 1.91. The Hall–Kier alpha value is -1.66. The van der Waals surface area contributed by atoms with E-state index < -0.39 is 0 Å². The molecule has 7 heteroatoms. The number of nitrogens with one attached hydrogen (secondary N) is 1. The average molecular weight is 294 g/mol. The number of hydrogen-bond donors (Lipinski definition) is 1. The van der Waals surface area contributed by atoms with Crippen molar-refractivity contribution in [1.29, 1.82) is 0 Å². The lowest BCUT2D eigenvalue weighted by molar-refractivity contribution is 0.767. The van der Waals surface area contributed by atoms with Crippen LogP contribution < -0.4 is 5.32 Å². The predicted molar refractivity (Wildman–Crippen MR) is 77.8 cm³/mol. The monoisotopic (exact) mass is 293 g/mol. The minimum absolute atomic E-state index is 0.673. The molecule has 0 unspecified atom stereocenters. The highest BCUT2D eigenvalue weighted by Gasteiger charge is 2.09. The van der Waals surface area contributed by atoms with Crippen molar-refractivity contribution in [2.24, 2.45) is 7.05 Å². The van der Waals surface area contributed by atoms with Crippen LogP contribution in [0.2, 0.25) is 5.02 Å². The standard InChI is InChI=1S/C12H12ClN5S/c1-18-7-8(6-15-18)4-5-14-11-9(13)2-3-10-12(11)17-19-16-10/h2-3,6-7,14H,4-5H2,1H3. The van der Waals surface area contributed by atoms with E-state index in [2.05, 4.69) is 19.2 Å². The van der Waals surface area contributed by atoms with Gasteiger partial charge in [-0.15, -0.1) is 0 Å². The third-order valence-corrected chi connectivity index (χ3v) is 3.71. The summed E-state index contributed by atoms with van der Waals surface area (Å²) in [5.74, 6) is 0. The first-order valence-electron chi connectivity index (χ1n) is 5.86. The second-order valence-electron chi connectivity index (χ2n) is 4.25. The van der Waals surface area contributed by atoms with Crippen molar-refractivity contribution < 1.29 is 0 Å². The van der Waals surface area contributed by atoms with Gasteiger partial charge in [0.1, 0.15) is 11.0 Å². The highest BCUT2D eigenvalue weighted by molar-refractivity contribution is 7.00. The van der Waals surface area contributed by atoms with Crippen LogP contribution in [0.25, 0.3) is 11.0 Å². The Kier molecular flexibility index (Phi) is 3.35. The van der Waals surface area contributed by atoms with Crippen molar-refractivity contribution in [2.75, 3.05) is 11.9 Å². The van der Waals surface area contributed by atoms with Crippen LogP contribution in [-0.4, -0.2) is 25.1 Å². The van der Waals surface area contributed by atoms with Crippen LogP contribution >= 0.6 is 23.3 Å². The fourth-order valence-corrected chi connectivity index (χ4v) is 2.69. The molecule has 0 saturated carbocycles. The maximum atomic E-state index is 6.20. The molecule has 3 rings (SSSR count). The maximum Gasteiger partial charge on any atom is 0.129 e. The van der Waals surface area contributed by atoms with Gasteiger partial charge in [0.15, 0.2) is 0 Å². The summed E-state index contributed by atoms with van der Waals surface area (Å²) in [5.41, 5.74) is 3.76. The summed E-state index contributed by atoms with van der Waals surface area (Å²) in [4.78, 5) is 0. The summed E-state index contributed by atoms with van der Waals surface area (Å²) in [5, 5.41) is 8.15. The lowest BCUT2D eigenvalue weighted by Gasteiger charge is -2.07. The van der Waals surface area contributed by atoms with E-state index in [0.29, 0.717) is 5.02 Å². The molecule has 1 N–H and O–H groups in total. The molecule has 0 atom stereocenters. The number of nitrogens with zero attached hydrogens (tertiary/aromatic N) is 4. The second-order valence-corrected chi connectivity index (χ2v) is 5.19. The summed E-state index contributed by atoms with van der Waals surface area (Å²) >= 11 is 7.40. The quantitative estimate of drug-likeness (QED) is 0.803. The van der Waals surface area contributed by atoms with Crippen LogP contribution in [0, 0.1) is 0 Å². The second kappa shape index (κ2) is 5.14. The van der Waals surface area contributed by atoms with Crippen LogP contribution in [-0.2, 0) is 13.5 Å². The molecule has 0 aliphatic rings. The number of halogens is 1. The molecule has 0 amide bonds. The molecule has 1 aromatic carbocycles. The number of fused-ring (bicyclic) bond motifs is 1. The molecule has 0 radical (unpaired) electrons. The molecular weight excluding hydrogens is 282 g/mol. The molecule has 19 heavy (non-hydrogen) atoms. The molecule has 98 valence electrons. The van der Waals surface area contributed by atoms with E-state index in [1.165, 1.54) is 17.3 Å². The first-order valence-corrected chi connectivity index (χ1v) is 6.97. The molecule has 3 aromatic rings. The SMILES string of the molecule is Cn1cc(CCNc2c(Cl)ccc3nsnc23)cn1. The fourth-order valence-electron chi connectivity index (χ4n) is 1.93. The molecule has 0 aliphatic carbocycles. The topological polar surface area (TPSA) is 55.6 Å². The fraction of sp³-hybridized carbons (Fsp3) is 0.250. The van der Waals surface area contributed by atoms with Crippen molar-refractivity contribution in [2.45, 2.75) is 6.42 Å². The van der Waals surface area contributed by atoms with Crippen LogP contribution in [0.3, 0.4) is 0 Å². The lowest BCUT2D eigenvalue weighted by Crippen LogP contribution is -2.05. The first-order chi connectivity index (χ1) is 9.24. The van der Waals surface area contributed by atoms with Crippen LogP contribution in [0.5, 0.6) is 0 Å². The highest BCUT2D eigenvalue weighted by Crippen LogP contribution is 2.29. The van der Waals surface area contributed by atoms with E-state index in [1.807, 2.05) is 31.6 Å². The van der Waals surface area contributed by atoms with Gasteiger partial charge in [0.25, 0.3) is 0 Å². The largest absolute Gasteiger partial charge is 0.382 e. The Morgan fingerprint density at radius 1 is 1.37 bits per heavy atom. The predicted octanol–water partition coefficient (Wildman–Crippen LogP) is 2.73. The number of aryl methyl sites for hydroxylation is 1. The van der Waals surface area contributed by atoms with Gasteiger partial charge < -0.3 is 5.32 Å². The van der Waals surface area contributed by atoms with Gasteiger partial charge in [-0.3, -0.25) is 4.68 Å². The van der Waals surface area contributed by atoms with Gasteiger partial charge in [0.05, 0.1) is 28.6 Å². The highest BCUT2D eigenvalue weighted by atomic mass is 35.5. The van der Waals surface area contributed by atoms with Gasteiger partial charge in [-0.25, -0.2) is 0 Å². The Balaban J connectivity index is 1.74. The molecule has 0 fully saturated rings. The average Bonchev–Trinajstić information content (AvgIpc) is 3.01. The van der Waals surface area contributed by atoms with Crippen LogP contribution in [0.1, 0.15) is 5.56 Å². The van der Waals surface area contributed by atoms with Gasteiger partial charge in [-0.2, -0.15) is 13.8 Å². The Morgan fingerprint density at radius 3 is 3.05 bits per heavy atom. The van der Waals surface area contributed by atoms with Gasteiger partial charge >= 0.3 is 0 Å². The van der Waals surface area contributed by atoms with Gasteiger partial charge in [0.2, 0.25) is 0 Å². The lowest BCUT2D eigenvalue weighted by atomic mass is 10.2. The van der Waals surface area contributed by atoms with Crippen LogP contribution in [0.4, 0.5) is 5.69 Å². The normalized spacial score (nSPS) is 11.1. The summed E-state index contributed by atoms with van der Waals surface area (Å²) in [6.45, 7) is 0.780. The Morgan fingerprint density at radius 2 is 2.26 bits per heavy atom. The zero-order valence-corrected chi connectivity index (χ0v) is 11.9. The molecule has 2 heterocycles. The summed E-state index contributed by atoms with van der Waals surface area (Å²) < 4.78 is 10.3. The zero-order chi connectivity index (χ0) is 13.2. The Labute approximate surface area is 119 Å². The first kappa shape index (κ1) is 12.4. The van der Waals surface area contributed by atoms with Gasteiger partial charge in [-0.1, -0.05) is 11.6 Å². The van der Waals surface area contributed by atoms with E-state index in [1.54, 1.807) is 4.68 Å². The third kappa shape index (κ3) is 2.54. The molecule has 0 saturated heterocycles. The third-order valence-electron chi connectivity index (χ3n) is 2.85. The van der Waals surface area contributed by atoms with Crippen molar-refractivity contribution in [3.05, 3.63) is 35.1 Å². The van der Waals surface area contributed by atoms with Crippen molar-refractivity contribution in [1.82, 2.24) is 18.5 Å². The molecule has 0 bridgehead atoms. The van der Waals surface area contributed by atoms with Crippen LogP contribution in [0.15, 0.2) is 24.5 Å². The molecular formula is C12H12ClN5S. The zero-order valence-electron chi connectivity index (χ0n) is 10.3. The van der Waals surface area contributed by atoms with Gasteiger partial charge in [0, 0.05) is 19.8 Å². The molecule has 2 aromatic heterocycles. The minimum atomic E-state index is 0.673. The Bertz CT molecular complexity index is 705. The molecule has 0 spiro atoms. The van der Waals surface area contributed by atoms with E-state index >= 15 is 0 Å². The summed E-state index contributed by atoms with van der Waals surface area (Å²) in [6.07, 6.45) is 4.76. The summed E-state index contributed by atoms with van der Waals surface area (Å²) in [6, 6.07) is 3.73. The van der Waals surface area contributed by atoms with E-state index in [9.17, 15) is 0 Å².